The van der Waals surface area contributed by atoms with Gasteiger partial charge < -0.3 is 10.5 Å². The highest BCUT2D eigenvalue weighted by molar-refractivity contribution is 6.18. The summed E-state index contributed by atoms with van der Waals surface area (Å²) >= 11 is 5.78. The predicted molar refractivity (Wildman–Crippen MR) is 49.3 cm³/mol. The molecule has 0 radical (unpaired) electrons. The van der Waals surface area contributed by atoms with Gasteiger partial charge in [-0.2, -0.15) is 0 Å². The summed E-state index contributed by atoms with van der Waals surface area (Å²) in [6.45, 7) is 4.37. The number of carbonyl (C=O) groups excluding carboxylic acids is 1. The van der Waals surface area contributed by atoms with Gasteiger partial charge in [-0.05, 0) is 12.8 Å². The third-order valence-electron chi connectivity index (χ3n) is 2.30. The predicted octanol–water partition coefficient (Wildman–Crippen LogP) is 2.13. The van der Waals surface area contributed by atoms with Gasteiger partial charge in [-0.1, -0.05) is 13.8 Å². The quantitative estimate of drug-likeness (QED) is 0.681. The molecule has 0 saturated carbocycles. The number of hydrogen-bond donors (Lipinski definition) is 1. The van der Waals surface area contributed by atoms with Crippen LogP contribution in [0.1, 0.15) is 26.7 Å². The summed E-state index contributed by atoms with van der Waals surface area (Å²) in [7, 11) is 0. The zero-order chi connectivity index (χ0) is 9.61. The van der Waals surface area contributed by atoms with Crippen molar-refractivity contribution in [3.05, 3.63) is 0 Å². The molecule has 0 aromatic rings. The van der Waals surface area contributed by atoms with Crippen LogP contribution in [0.3, 0.4) is 0 Å². The largest absolute Gasteiger partial charge is 0.449 e. The first kappa shape index (κ1) is 11.6. The van der Waals surface area contributed by atoms with Gasteiger partial charge >= 0.3 is 6.09 Å². The molecule has 0 rings (SSSR count). The first-order valence-corrected chi connectivity index (χ1v) is 4.62. The normalized spacial score (nSPS) is 11.2. The Balaban J connectivity index is 4.01. The topological polar surface area (TPSA) is 52.3 Å². The molecule has 0 heterocycles. The summed E-state index contributed by atoms with van der Waals surface area (Å²) in [5, 5.41) is 0. The number of primary amides is 1. The standard InChI is InChI=1S/C8H16ClNO2/c1-3-8(4-2,5-9)6-12-7(10)11/h3-6H2,1-2H3,(H2,10,11). The Kier molecular flexibility index (Phi) is 5.06. The maximum atomic E-state index is 10.4. The molecule has 4 heteroatoms. The lowest BCUT2D eigenvalue weighted by Gasteiger charge is -2.27. The number of ether oxygens (including phenoxy) is 1. The van der Waals surface area contributed by atoms with Crippen LogP contribution < -0.4 is 5.73 Å². The highest BCUT2D eigenvalue weighted by Gasteiger charge is 2.26. The van der Waals surface area contributed by atoms with Crippen LogP contribution in [-0.4, -0.2) is 18.6 Å². The van der Waals surface area contributed by atoms with Gasteiger partial charge in [0.1, 0.15) is 0 Å². The zero-order valence-electron chi connectivity index (χ0n) is 7.60. The molecule has 0 unspecified atom stereocenters. The summed E-state index contributed by atoms with van der Waals surface area (Å²) < 4.78 is 4.73. The molecule has 0 aromatic heterocycles. The van der Waals surface area contributed by atoms with Gasteiger partial charge in [-0.3, -0.25) is 0 Å². The van der Waals surface area contributed by atoms with E-state index in [9.17, 15) is 4.79 Å². The summed E-state index contributed by atoms with van der Waals surface area (Å²) in [4.78, 5) is 10.4. The van der Waals surface area contributed by atoms with Crippen molar-refractivity contribution in [1.29, 1.82) is 0 Å². The Labute approximate surface area is 78.2 Å². The zero-order valence-corrected chi connectivity index (χ0v) is 8.36. The highest BCUT2D eigenvalue weighted by Crippen LogP contribution is 2.28. The average molecular weight is 194 g/mol. The molecule has 0 atom stereocenters. The van der Waals surface area contributed by atoms with E-state index >= 15 is 0 Å². The van der Waals surface area contributed by atoms with Gasteiger partial charge in [0.15, 0.2) is 0 Å². The maximum absolute atomic E-state index is 10.4. The molecule has 0 saturated heterocycles. The fourth-order valence-corrected chi connectivity index (χ4v) is 1.36. The molecule has 0 aliphatic heterocycles. The number of carbonyl (C=O) groups is 1. The number of nitrogens with two attached hydrogens (primary N) is 1. The van der Waals surface area contributed by atoms with Crippen molar-refractivity contribution in [2.24, 2.45) is 11.1 Å². The number of hydrogen-bond acceptors (Lipinski definition) is 2. The molecule has 3 nitrogen and oxygen atoms in total. The molecule has 0 bridgehead atoms. The number of rotatable bonds is 5. The van der Waals surface area contributed by atoms with E-state index in [0.717, 1.165) is 12.8 Å². The maximum Gasteiger partial charge on any atom is 0.404 e. The smallest absolute Gasteiger partial charge is 0.404 e. The van der Waals surface area contributed by atoms with Crippen LogP contribution in [-0.2, 0) is 4.74 Å². The van der Waals surface area contributed by atoms with Crippen LogP contribution >= 0.6 is 11.6 Å². The molecule has 0 aromatic carbocycles. The van der Waals surface area contributed by atoms with Crippen LogP contribution in [0.4, 0.5) is 4.79 Å². The van der Waals surface area contributed by atoms with Crippen molar-refractivity contribution < 1.29 is 9.53 Å². The minimum Gasteiger partial charge on any atom is -0.449 e. The van der Waals surface area contributed by atoms with E-state index in [4.69, 9.17) is 22.1 Å². The first-order valence-electron chi connectivity index (χ1n) is 4.08. The van der Waals surface area contributed by atoms with E-state index in [0.29, 0.717) is 12.5 Å². The van der Waals surface area contributed by atoms with Gasteiger partial charge in [0.25, 0.3) is 0 Å². The van der Waals surface area contributed by atoms with Gasteiger partial charge in [-0.15, -0.1) is 11.6 Å². The first-order chi connectivity index (χ1) is 5.60. The molecule has 12 heavy (non-hydrogen) atoms. The van der Waals surface area contributed by atoms with Crippen molar-refractivity contribution in [3.63, 3.8) is 0 Å². The van der Waals surface area contributed by atoms with Gasteiger partial charge in [0.2, 0.25) is 0 Å². The second-order valence-electron chi connectivity index (χ2n) is 2.95. The monoisotopic (exact) mass is 193 g/mol. The molecule has 72 valence electrons. The van der Waals surface area contributed by atoms with Crippen LogP contribution in [0, 0.1) is 5.41 Å². The molecular formula is C8H16ClNO2. The van der Waals surface area contributed by atoms with Crippen molar-refractivity contribution in [2.75, 3.05) is 12.5 Å². The average Bonchev–Trinajstić information content (AvgIpc) is 2.08. The Bertz CT molecular complexity index is 138. The van der Waals surface area contributed by atoms with E-state index < -0.39 is 6.09 Å². The van der Waals surface area contributed by atoms with Crippen LogP contribution in [0.2, 0.25) is 0 Å². The van der Waals surface area contributed by atoms with Crippen molar-refractivity contribution >= 4 is 17.7 Å². The Morgan fingerprint density at radius 2 is 2.00 bits per heavy atom. The summed E-state index contributed by atoms with van der Waals surface area (Å²) in [5.74, 6) is 0.493. The molecule has 0 fully saturated rings. The second-order valence-corrected chi connectivity index (χ2v) is 3.22. The third-order valence-corrected chi connectivity index (χ3v) is 2.87. The van der Waals surface area contributed by atoms with E-state index in [1.54, 1.807) is 0 Å². The Morgan fingerprint density at radius 3 is 2.25 bits per heavy atom. The number of alkyl halides is 1. The molecular weight excluding hydrogens is 178 g/mol. The number of halogens is 1. The SMILES string of the molecule is CCC(CC)(CCl)COC(N)=O. The minimum atomic E-state index is -0.730. The van der Waals surface area contributed by atoms with E-state index in [2.05, 4.69) is 0 Å². The summed E-state index contributed by atoms with van der Waals surface area (Å²) in [6.07, 6.45) is 1.05. The molecule has 2 N–H and O–H groups in total. The van der Waals surface area contributed by atoms with Gasteiger partial charge in [0.05, 0.1) is 6.61 Å². The second kappa shape index (κ2) is 5.25. The van der Waals surface area contributed by atoms with Crippen molar-refractivity contribution in [1.82, 2.24) is 0 Å². The highest BCUT2D eigenvalue weighted by atomic mass is 35.5. The molecule has 0 aliphatic carbocycles. The number of amides is 1. The van der Waals surface area contributed by atoms with Crippen LogP contribution in [0.15, 0.2) is 0 Å². The fraction of sp³-hybridized carbons (Fsp3) is 0.875. The summed E-state index contributed by atoms with van der Waals surface area (Å²) in [5.41, 5.74) is 4.76. The lowest BCUT2D eigenvalue weighted by molar-refractivity contribution is 0.0945. The lowest BCUT2D eigenvalue weighted by Crippen LogP contribution is -2.30. The van der Waals surface area contributed by atoms with E-state index in [1.165, 1.54) is 0 Å². The van der Waals surface area contributed by atoms with Gasteiger partial charge in [0, 0.05) is 11.3 Å². The molecule has 1 amide bonds. The van der Waals surface area contributed by atoms with Gasteiger partial charge in [-0.25, -0.2) is 4.79 Å². The van der Waals surface area contributed by atoms with E-state index in [1.807, 2.05) is 13.8 Å². The summed E-state index contributed by atoms with van der Waals surface area (Å²) in [6, 6.07) is 0. The fourth-order valence-electron chi connectivity index (χ4n) is 0.906. The molecule has 0 spiro atoms. The third kappa shape index (κ3) is 3.30. The van der Waals surface area contributed by atoms with Crippen LogP contribution in [0.25, 0.3) is 0 Å². The van der Waals surface area contributed by atoms with Crippen molar-refractivity contribution in [3.8, 4) is 0 Å². The Hall–Kier alpha value is -0.440. The van der Waals surface area contributed by atoms with E-state index in [-0.39, 0.29) is 5.41 Å². The van der Waals surface area contributed by atoms with Crippen molar-refractivity contribution in [2.45, 2.75) is 26.7 Å². The molecule has 0 aliphatic rings. The van der Waals surface area contributed by atoms with Crippen LogP contribution in [0.5, 0.6) is 0 Å². The minimum absolute atomic E-state index is 0.101. The lowest BCUT2D eigenvalue weighted by atomic mass is 9.85. The Morgan fingerprint density at radius 1 is 1.50 bits per heavy atom.